The molecule has 0 bridgehead atoms. The number of para-hydroxylation sites is 3. The van der Waals surface area contributed by atoms with Gasteiger partial charge in [0, 0.05) is 5.56 Å². The zero-order chi connectivity index (χ0) is 18.6. The topological polar surface area (TPSA) is 44.1 Å². The molecule has 0 amide bonds. The fourth-order valence-electron chi connectivity index (χ4n) is 3.06. The molecule has 0 aliphatic heterocycles. The van der Waals surface area contributed by atoms with Gasteiger partial charge in [0.25, 0.3) is 5.56 Å². The van der Waals surface area contributed by atoms with Gasteiger partial charge < -0.3 is 4.74 Å². The summed E-state index contributed by atoms with van der Waals surface area (Å²) in [4.78, 5) is 17.9. The number of rotatable bonds is 4. The highest BCUT2D eigenvalue weighted by molar-refractivity contribution is 5.80. The molecule has 0 atom stereocenters. The molecule has 0 saturated carbocycles. The average molecular weight is 354 g/mol. The molecule has 0 saturated heterocycles. The molecule has 1 heterocycles. The van der Waals surface area contributed by atoms with Crippen LogP contribution < -0.4 is 10.3 Å². The van der Waals surface area contributed by atoms with Crippen LogP contribution in [0.15, 0.2) is 83.7 Å². The largest absolute Gasteiger partial charge is 0.496 e. The monoisotopic (exact) mass is 354 g/mol. The lowest BCUT2D eigenvalue weighted by Crippen LogP contribution is -2.22. The fourth-order valence-corrected chi connectivity index (χ4v) is 3.06. The number of ether oxygens (including phenoxy) is 1. The summed E-state index contributed by atoms with van der Waals surface area (Å²) >= 11 is 0. The fraction of sp³-hybridized carbons (Fsp3) is 0.0435. The van der Waals surface area contributed by atoms with Gasteiger partial charge in [-0.05, 0) is 42.5 Å². The Hall–Kier alpha value is -3.66. The Bertz CT molecular complexity index is 1180. The number of hydrogen-bond donors (Lipinski definition) is 0. The Labute approximate surface area is 157 Å². The normalized spacial score (nSPS) is 11.1. The summed E-state index contributed by atoms with van der Waals surface area (Å²) < 4.78 is 7.04. The van der Waals surface area contributed by atoms with Crippen molar-refractivity contribution in [2.24, 2.45) is 0 Å². The SMILES string of the molecule is COc1ccccc1/C=C/c1nc2ccccc2c(=O)n1-c1ccccc1. The summed E-state index contributed by atoms with van der Waals surface area (Å²) in [6, 6.07) is 24.7. The van der Waals surface area contributed by atoms with E-state index in [4.69, 9.17) is 9.72 Å². The van der Waals surface area contributed by atoms with Gasteiger partial charge in [-0.2, -0.15) is 0 Å². The zero-order valence-corrected chi connectivity index (χ0v) is 14.9. The molecular weight excluding hydrogens is 336 g/mol. The third-order valence-electron chi connectivity index (χ3n) is 4.37. The average Bonchev–Trinajstić information content (AvgIpc) is 2.73. The van der Waals surface area contributed by atoms with Crippen LogP contribution in [0.1, 0.15) is 11.4 Å². The van der Waals surface area contributed by atoms with Crippen molar-refractivity contribution in [1.29, 1.82) is 0 Å². The molecule has 0 radical (unpaired) electrons. The van der Waals surface area contributed by atoms with E-state index < -0.39 is 0 Å². The van der Waals surface area contributed by atoms with E-state index in [1.807, 2.05) is 84.9 Å². The maximum Gasteiger partial charge on any atom is 0.266 e. The molecule has 0 fully saturated rings. The summed E-state index contributed by atoms with van der Waals surface area (Å²) in [6.07, 6.45) is 3.76. The molecule has 0 spiro atoms. The van der Waals surface area contributed by atoms with Crippen molar-refractivity contribution >= 4 is 23.1 Å². The molecule has 4 nitrogen and oxygen atoms in total. The minimum absolute atomic E-state index is 0.0912. The molecule has 4 heteroatoms. The summed E-state index contributed by atoms with van der Waals surface area (Å²) in [5.74, 6) is 1.33. The Balaban J connectivity index is 1.94. The van der Waals surface area contributed by atoms with Gasteiger partial charge in [0.2, 0.25) is 0 Å². The van der Waals surface area contributed by atoms with Gasteiger partial charge in [0.05, 0.1) is 23.7 Å². The molecule has 0 N–H and O–H groups in total. The third-order valence-corrected chi connectivity index (χ3v) is 4.37. The van der Waals surface area contributed by atoms with Gasteiger partial charge in [0.1, 0.15) is 11.6 Å². The van der Waals surface area contributed by atoms with Gasteiger partial charge in [-0.3, -0.25) is 9.36 Å². The Kier molecular flexibility index (Phi) is 4.54. The van der Waals surface area contributed by atoms with Crippen LogP contribution in [0.25, 0.3) is 28.7 Å². The predicted molar refractivity (Wildman–Crippen MR) is 109 cm³/mol. The molecule has 4 aromatic rings. The van der Waals surface area contributed by atoms with Crippen molar-refractivity contribution in [2.45, 2.75) is 0 Å². The Morgan fingerprint density at radius 2 is 1.56 bits per heavy atom. The number of benzene rings is 3. The van der Waals surface area contributed by atoms with Crippen LogP contribution in [0.5, 0.6) is 5.75 Å². The first-order valence-corrected chi connectivity index (χ1v) is 8.66. The Morgan fingerprint density at radius 1 is 0.852 bits per heavy atom. The summed E-state index contributed by atoms with van der Waals surface area (Å²) in [7, 11) is 1.64. The number of aromatic nitrogens is 2. The van der Waals surface area contributed by atoms with Crippen LogP contribution in [-0.4, -0.2) is 16.7 Å². The number of nitrogens with zero attached hydrogens (tertiary/aromatic N) is 2. The first-order valence-electron chi connectivity index (χ1n) is 8.66. The zero-order valence-electron chi connectivity index (χ0n) is 14.9. The second-order valence-corrected chi connectivity index (χ2v) is 6.04. The maximum atomic E-state index is 13.1. The lowest BCUT2D eigenvalue weighted by molar-refractivity contribution is 0.414. The van der Waals surface area contributed by atoms with Crippen molar-refractivity contribution in [3.63, 3.8) is 0 Å². The molecule has 132 valence electrons. The van der Waals surface area contributed by atoms with Crippen LogP contribution in [0.2, 0.25) is 0 Å². The molecular formula is C23H18N2O2. The van der Waals surface area contributed by atoms with Gasteiger partial charge in [-0.15, -0.1) is 0 Å². The molecule has 3 aromatic carbocycles. The second kappa shape index (κ2) is 7.30. The predicted octanol–water partition coefficient (Wildman–Crippen LogP) is 4.56. The first kappa shape index (κ1) is 16.8. The molecule has 0 unspecified atom stereocenters. The van der Waals surface area contributed by atoms with E-state index in [1.54, 1.807) is 17.7 Å². The molecule has 0 aliphatic rings. The van der Waals surface area contributed by atoms with E-state index in [0.717, 1.165) is 17.0 Å². The van der Waals surface area contributed by atoms with Crippen LogP contribution in [0.4, 0.5) is 0 Å². The number of fused-ring (bicyclic) bond motifs is 1. The van der Waals surface area contributed by atoms with E-state index >= 15 is 0 Å². The van der Waals surface area contributed by atoms with Gasteiger partial charge in [-0.25, -0.2) is 4.98 Å². The van der Waals surface area contributed by atoms with Crippen molar-refractivity contribution in [1.82, 2.24) is 9.55 Å². The standard InChI is InChI=1S/C23H18N2O2/c1-27-21-14-8-5-9-17(21)15-16-22-24-20-13-7-6-12-19(20)23(26)25(22)18-10-3-2-4-11-18/h2-16H,1H3/b16-15+. The van der Waals surface area contributed by atoms with E-state index in [1.165, 1.54) is 0 Å². The minimum atomic E-state index is -0.0912. The van der Waals surface area contributed by atoms with Crippen LogP contribution in [-0.2, 0) is 0 Å². The highest BCUT2D eigenvalue weighted by Gasteiger charge is 2.10. The third kappa shape index (κ3) is 3.25. The molecule has 1 aromatic heterocycles. The van der Waals surface area contributed by atoms with Crippen molar-refractivity contribution in [3.05, 3.63) is 101 Å². The minimum Gasteiger partial charge on any atom is -0.496 e. The van der Waals surface area contributed by atoms with Crippen LogP contribution in [0.3, 0.4) is 0 Å². The quantitative estimate of drug-likeness (QED) is 0.539. The smallest absolute Gasteiger partial charge is 0.266 e. The number of hydrogen-bond acceptors (Lipinski definition) is 3. The molecule has 4 rings (SSSR count). The van der Waals surface area contributed by atoms with Gasteiger partial charge >= 0.3 is 0 Å². The van der Waals surface area contributed by atoms with E-state index in [9.17, 15) is 4.79 Å². The van der Waals surface area contributed by atoms with Gasteiger partial charge in [-0.1, -0.05) is 48.5 Å². The van der Waals surface area contributed by atoms with Gasteiger partial charge in [0.15, 0.2) is 0 Å². The highest BCUT2D eigenvalue weighted by atomic mass is 16.5. The van der Waals surface area contributed by atoms with Crippen molar-refractivity contribution in [3.8, 4) is 11.4 Å². The second-order valence-electron chi connectivity index (χ2n) is 6.04. The Morgan fingerprint density at radius 3 is 2.37 bits per heavy atom. The highest BCUT2D eigenvalue weighted by Crippen LogP contribution is 2.21. The van der Waals surface area contributed by atoms with Crippen molar-refractivity contribution in [2.75, 3.05) is 7.11 Å². The van der Waals surface area contributed by atoms with Crippen LogP contribution >= 0.6 is 0 Å². The lowest BCUT2D eigenvalue weighted by Gasteiger charge is -2.11. The maximum absolute atomic E-state index is 13.1. The number of methoxy groups -OCH3 is 1. The summed E-state index contributed by atoms with van der Waals surface area (Å²) in [5, 5.41) is 0.593. The molecule has 27 heavy (non-hydrogen) atoms. The summed E-state index contributed by atoms with van der Waals surface area (Å²) in [6.45, 7) is 0. The van der Waals surface area contributed by atoms with E-state index in [0.29, 0.717) is 16.7 Å². The summed E-state index contributed by atoms with van der Waals surface area (Å²) in [5.41, 5.74) is 2.28. The lowest BCUT2D eigenvalue weighted by atomic mass is 10.1. The van der Waals surface area contributed by atoms with E-state index in [-0.39, 0.29) is 5.56 Å². The van der Waals surface area contributed by atoms with E-state index in [2.05, 4.69) is 0 Å². The van der Waals surface area contributed by atoms with Crippen molar-refractivity contribution < 1.29 is 4.74 Å². The molecule has 0 aliphatic carbocycles. The van der Waals surface area contributed by atoms with Crippen LogP contribution in [0, 0.1) is 0 Å². The first-order chi connectivity index (χ1) is 13.3.